The molecule has 0 aromatic heterocycles. The maximum absolute atomic E-state index is 6.11. The van der Waals surface area contributed by atoms with E-state index in [0.717, 1.165) is 14.5 Å². The molecule has 0 saturated heterocycles. The minimum atomic E-state index is -0.160. The van der Waals surface area contributed by atoms with Crippen LogP contribution in [0.25, 0.3) is 0 Å². The third-order valence-corrected chi connectivity index (χ3v) is 4.27. The molecule has 5 nitrogen and oxygen atoms in total. The highest BCUT2D eigenvalue weighted by Crippen LogP contribution is 2.39. The molecular formula is C9H10Br2ClN5. The molecule has 17 heavy (non-hydrogen) atoms. The van der Waals surface area contributed by atoms with E-state index in [2.05, 4.69) is 41.8 Å². The molecule has 0 amide bonds. The van der Waals surface area contributed by atoms with Gasteiger partial charge in [-0.05, 0) is 34.5 Å². The zero-order valence-electron chi connectivity index (χ0n) is 8.84. The normalized spacial score (nSPS) is 11.4. The highest BCUT2D eigenvalue weighted by molar-refractivity contribution is 9.11. The number of halogens is 3. The zero-order chi connectivity index (χ0) is 13.2. The summed E-state index contributed by atoms with van der Waals surface area (Å²) in [6, 6.07) is 1.73. The van der Waals surface area contributed by atoms with Gasteiger partial charge in [-0.1, -0.05) is 27.5 Å². The second-order valence-corrected chi connectivity index (χ2v) is 5.16. The largest absolute Gasteiger partial charge is 0.370 e. The molecule has 0 aliphatic carbocycles. The number of hydrogen-bond donors (Lipinski definition) is 3. The molecule has 0 atom stereocenters. The van der Waals surface area contributed by atoms with E-state index in [9.17, 15) is 0 Å². The molecule has 6 N–H and O–H groups in total. The summed E-state index contributed by atoms with van der Waals surface area (Å²) in [4.78, 5) is 7.62. The monoisotopic (exact) mass is 381 g/mol. The topological polar surface area (TPSA) is 103 Å². The first-order valence-electron chi connectivity index (χ1n) is 4.40. The van der Waals surface area contributed by atoms with E-state index in [1.807, 2.05) is 6.92 Å². The molecule has 1 aromatic carbocycles. The molecule has 0 aliphatic rings. The van der Waals surface area contributed by atoms with Crippen LogP contribution in [0.3, 0.4) is 0 Å². The lowest BCUT2D eigenvalue weighted by atomic mass is 10.2. The first-order valence-corrected chi connectivity index (χ1v) is 6.37. The molecule has 0 unspecified atom stereocenters. The van der Waals surface area contributed by atoms with E-state index >= 15 is 0 Å². The van der Waals surface area contributed by atoms with Crippen molar-refractivity contribution in [1.29, 1.82) is 0 Å². The minimum absolute atomic E-state index is 0.0606. The SMILES string of the molecule is Cc1c(Br)cc(N=C(N)N=C(N)N)c(Cl)c1Br. The fourth-order valence-corrected chi connectivity index (χ4v) is 2.37. The number of nitrogens with zero attached hydrogens (tertiary/aromatic N) is 2. The third-order valence-electron chi connectivity index (χ3n) is 1.85. The lowest BCUT2D eigenvalue weighted by Gasteiger charge is -2.07. The van der Waals surface area contributed by atoms with Gasteiger partial charge in [-0.3, -0.25) is 0 Å². The van der Waals surface area contributed by atoms with Gasteiger partial charge in [0.1, 0.15) is 0 Å². The molecule has 0 bridgehead atoms. The quantitative estimate of drug-likeness (QED) is 0.394. The van der Waals surface area contributed by atoms with Crippen LogP contribution < -0.4 is 17.2 Å². The average molecular weight is 383 g/mol. The molecule has 1 rings (SSSR count). The molecule has 1 aromatic rings. The second-order valence-electron chi connectivity index (χ2n) is 3.14. The van der Waals surface area contributed by atoms with Crippen molar-refractivity contribution in [2.24, 2.45) is 27.2 Å². The van der Waals surface area contributed by atoms with Crippen LogP contribution in [0.1, 0.15) is 5.56 Å². The number of hydrogen-bond acceptors (Lipinski definition) is 1. The summed E-state index contributed by atoms with van der Waals surface area (Å²) < 4.78 is 1.59. The van der Waals surface area contributed by atoms with Crippen molar-refractivity contribution in [3.63, 3.8) is 0 Å². The predicted molar refractivity (Wildman–Crippen MR) is 78.7 cm³/mol. The Balaban J connectivity index is 3.30. The summed E-state index contributed by atoms with van der Waals surface area (Å²) in [5.41, 5.74) is 17.3. The number of benzene rings is 1. The van der Waals surface area contributed by atoms with E-state index in [0.29, 0.717) is 10.7 Å². The molecule has 0 radical (unpaired) electrons. The Bertz CT molecular complexity index is 509. The van der Waals surface area contributed by atoms with Crippen LogP contribution in [0, 0.1) is 6.92 Å². The highest BCUT2D eigenvalue weighted by atomic mass is 79.9. The Hall–Kier alpha value is -0.790. The van der Waals surface area contributed by atoms with Crippen molar-refractivity contribution < 1.29 is 0 Å². The Labute approximate surface area is 120 Å². The highest BCUT2D eigenvalue weighted by Gasteiger charge is 2.10. The molecule has 92 valence electrons. The average Bonchev–Trinajstić information content (AvgIpc) is 2.21. The van der Waals surface area contributed by atoms with Gasteiger partial charge in [0.15, 0.2) is 5.96 Å². The van der Waals surface area contributed by atoms with Crippen LogP contribution in [-0.2, 0) is 0 Å². The van der Waals surface area contributed by atoms with E-state index in [-0.39, 0.29) is 11.9 Å². The lowest BCUT2D eigenvalue weighted by Crippen LogP contribution is -2.26. The summed E-state index contributed by atoms with van der Waals surface area (Å²) >= 11 is 12.9. The van der Waals surface area contributed by atoms with Crippen LogP contribution in [0.15, 0.2) is 25.0 Å². The predicted octanol–water partition coefficient (Wildman–Crippen LogP) is 2.39. The molecule has 0 fully saturated rings. The third kappa shape index (κ3) is 3.58. The van der Waals surface area contributed by atoms with Crippen LogP contribution >= 0.6 is 43.5 Å². The minimum Gasteiger partial charge on any atom is -0.370 e. The summed E-state index contributed by atoms with van der Waals surface area (Å²) in [5, 5.41) is 0.444. The number of rotatable bonds is 1. The Morgan fingerprint density at radius 1 is 1.29 bits per heavy atom. The maximum atomic E-state index is 6.11. The Morgan fingerprint density at radius 3 is 2.41 bits per heavy atom. The van der Waals surface area contributed by atoms with Gasteiger partial charge in [-0.2, -0.15) is 4.99 Å². The maximum Gasteiger partial charge on any atom is 0.223 e. The van der Waals surface area contributed by atoms with Crippen molar-refractivity contribution in [2.45, 2.75) is 6.92 Å². The molecule has 0 heterocycles. The van der Waals surface area contributed by atoms with E-state index < -0.39 is 0 Å². The Kier molecular flexibility index (Phi) is 4.79. The zero-order valence-corrected chi connectivity index (χ0v) is 12.8. The van der Waals surface area contributed by atoms with Crippen LogP contribution in [0.4, 0.5) is 5.69 Å². The van der Waals surface area contributed by atoms with Gasteiger partial charge >= 0.3 is 0 Å². The van der Waals surface area contributed by atoms with Gasteiger partial charge in [-0.15, -0.1) is 0 Å². The Morgan fingerprint density at radius 2 is 1.88 bits per heavy atom. The van der Waals surface area contributed by atoms with Crippen molar-refractivity contribution in [3.05, 3.63) is 25.6 Å². The van der Waals surface area contributed by atoms with Crippen LogP contribution in [-0.4, -0.2) is 11.9 Å². The standard InChI is InChI=1S/C9H10Br2ClN5/c1-3-4(10)2-5(7(12)6(3)11)16-9(15)17-8(13)14/h2H,1H3,(H6,13,14,15,16,17). The molecule has 8 heteroatoms. The molecule has 0 saturated carbocycles. The number of aliphatic imine (C=N–C) groups is 2. The summed E-state index contributed by atoms with van der Waals surface area (Å²) in [5.74, 6) is -0.220. The van der Waals surface area contributed by atoms with Gasteiger partial charge in [0, 0.05) is 8.95 Å². The van der Waals surface area contributed by atoms with Gasteiger partial charge < -0.3 is 17.2 Å². The molecule has 0 aliphatic heterocycles. The van der Waals surface area contributed by atoms with Gasteiger partial charge in [0.2, 0.25) is 5.96 Å². The molecule has 0 spiro atoms. The van der Waals surface area contributed by atoms with E-state index in [1.54, 1.807) is 6.07 Å². The van der Waals surface area contributed by atoms with Gasteiger partial charge in [0.05, 0.1) is 10.7 Å². The van der Waals surface area contributed by atoms with E-state index in [1.165, 1.54) is 0 Å². The summed E-state index contributed by atoms with van der Waals surface area (Å²) in [6.45, 7) is 1.91. The fourth-order valence-electron chi connectivity index (χ4n) is 1.04. The van der Waals surface area contributed by atoms with Crippen molar-refractivity contribution in [2.75, 3.05) is 0 Å². The van der Waals surface area contributed by atoms with Crippen LogP contribution in [0.2, 0.25) is 5.02 Å². The van der Waals surface area contributed by atoms with E-state index in [4.69, 9.17) is 28.8 Å². The first-order chi connectivity index (χ1) is 7.82. The van der Waals surface area contributed by atoms with Crippen molar-refractivity contribution in [1.82, 2.24) is 0 Å². The van der Waals surface area contributed by atoms with Gasteiger partial charge in [0.25, 0.3) is 0 Å². The fraction of sp³-hybridized carbons (Fsp3) is 0.111. The first kappa shape index (κ1) is 14.3. The summed E-state index contributed by atoms with van der Waals surface area (Å²) in [7, 11) is 0. The second kappa shape index (κ2) is 5.70. The smallest absolute Gasteiger partial charge is 0.223 e. The van der Waals surface area contributed by atoms with Crippen molar-refractivity contribution >= 4 is 61.1 Å². The summed E-state index contributed by atoms with van der Waals surface area (Å²) in [6.07, 6.45) is 0. The lowest BCUT2D eigenvalue weighted by molar-refractivity contribution is 1.34. The number of nitrogens with two attached hydrogens (primary N) is 3. The van der Waals surface area contributed by atoms with Crippen LogP contribution in [0.5, 0.6) is 0 Å². The molecular weight excluding hydrogens is 373 g/mol. The number of guanidine groups is 2. The van der Waals surface area contributed by atoms with Crippen molar-refractivity contribution in [3.8, 4) is 0 Å². The van der Waals surface area contributed by atoms with Gasteiger partial charge in [-0.25, -0.2) is 4.99 Å².